The first kappa shape index (κ1) is 14.4. The number of hydrogen-bond acceptors (Lipinski definition) is 4. The van der Waals surface area contributed by atoms with E-state index >= 15 is 0 Å². The fourth-order valence-electron chi connectivity index (χ4n) is 2.30. The van der Waals surface area contributed by atoms with Crippen LogP contribution in [0.5, 0.6) is 0 Å². The highest BCUT2D eigenvalue weighted by Crippen LogP contribution is 2.27. The minimum atomic E-state index is -1.09. The van der Waals surface area contributed by atoms with Crippen molar-refractivity contribution < 1.29 is 14.3 Å². The van der Waals surface area contributed by atoms with Gasteiger partial charge in [-0.2, -0.15) is 0 Å². The molecule has 0 bridgehead atoms. The van der Waals surface area contributed by atoms with Gasteiger partial charge in [-0.1, -0.05) is 18.2 Å². The van der Waals surface area contributed by atoms with Gasteiger partial charge in [0.05, 0.1) is 5.39 Å². The largest absolute Gasteiger partial charge is 0.477 e. The summed E-state index contributed by atoms with van der Waals surface area (Å²) in [5, 5.41) is 9.40. The van der Waals surface area contributed by atoms with Gasteiger partial charge in [0.2, 0.25) is 0 Å². The van der Waals surface area contributed by atoms with Crippen molar-refractivity contribution in [3.8, 4) is 0 Å². The van der Waals surface area contributed by atoms with Crippen LogP contribution in [-0.2, 0) is 6.42 Å². The maximum Gasteiger partial charge on any atom is 0.346 e. The van der Waals surface area contributed by atoms with Crippen LogP contribution in [0.4, 0.5) is 4.39 Å². The van der Waals surface area contributed by atoms with Crippen molar-refractivity contribution in [2.24, 2.45) is 0 Å². The summed E-state index contributed by atoms with van der Waals surface area (Å²) in [6.07, 6.45) is 0.136. The molecule has 0 fully saturated rings. The molecule has 0 saturated heterocycles. The van der Waals surface area contributed by atoms with Gasteiger partial charge < -0.3 is 10.1 Å². The second-order valence-electron chi connectivity index (χ2n) is 4.82. The molecule has 2 heterocycles. The summed E-state index contributed by atoms with van der Waals surface area (Å²) in [6, 6.07) is 6.23. The smallest absolute Gasteiger partial charge is 0.346 e. The van der Waals surface area contributed by atoms with Gasteiger partial charge in [0.25, 0.3) is 5.56 Å². The highest BCUT2D eigenvalue weighted by molar-refractivity contribution is 7.20. The summed E-state index contributed by atoms with van der Waals surface area (Å²) in [6.45, 7) is 1.58. The van der Waals surface area contributed by atoms with E-state index in [1.54, 1.807) is 25.1 Å². The van der Waals surface area contributed by atoms with Crippen molar-refractivity contribution in [2.45, 2.75) is 13.3 Å². The predicted molar refractivity (Wildman–Crippen MR) is 81.1 cm³/mol. The van der Waals surface area contributed by atoms with Crippen molar-refractivity contribution in [1.29, 1.82) is 0 Å². The molecule has 0 spiro atoms. The molecule has 3 rings (SSSR count). The Morgan fingerprint density at radius 3 is 2.82 bits per heavy atom. The Balaban J connectivity index is 2.12. The third-order valence-electron chi connectivity index (χ3n) is 3.36. The minimum absolute atomic E-state index is 0.0936. The molecule has 0 amide bonds. The van der Waals surface area contributed by atoms with Crippen LogP contribution in [0.15, 0.2) is 29.1 Å². The Hall–Kier alpha value is -2.54. The molecule has 112 valence electrons. The summed E-state index contributed by atoms with van der Waals surface area (Å²) >= 11 is 0.951. The Morgan fingerprint density at radius 2 is 2.14 bits per heavy atom. The number of H-pyrrole nitrogens is 1. The van der Waals surface area contributed by atoms with E-state index < -0.39 is 11.5 Å². The quantitative estimate of drug-likeness (QED) is 0.778. The number of halogens is 1. The van der Waals surface area contributed by atoms with E-state index in [1.807, 2.05) is 0 Å². The lowest BCUT2D eigenvalue weighted by Gasteiger charge is -2.03. The molecule has 2 N–H and O–H groups in total. The topological polar surface area (TPSA) is 83.0 Å². The van der Waals surface area contributed by atoms with Crippen molar-refractivity contribution in [1.82, 2.24) is 9.97 Å². The number of carboxylic acids is 1. The van der Waals surface area contributed by atoms with Crippen molar-refractivity contribution in [3.05, 3.63) is 62.3 Å². The van der Waals surface area contributed by atoms with Gasteiger partial charge in [0, 0.05) is 6.42 Å². The Kier molecular flexibility index (Phi) is 3.50. The van der Waals surface area contributed by atoms with Crippen LogP contribution in [0.3, 0.4) is 0 Å². The van der Waals surface area contributed by atoms with E-state index in [9.17, 15) is 14.0 Å². The molecule has 22 heavy (non-hydrogen) atoms. The third kappa shape index (κ3) is 2.39. The highest BCUT2D eigenvalue weighted by Gasteiger charge is 2.18. The summed E-state index contributed by atoms with van der Waals surface area (Å²) < 4.78 is 13.7. The number of aromatic amines is 1. The normalized spacial score (nSPS) is 11.0. The number of aromatic carboxylic acids is 1. The van der Waals surface area contributed by atoms with Crippen LogP contribution in [0, 0.1) is 12.7 Å². The number of benzene rings is 1. The van der Waals surface area contributed by atoms with Crippen molar-refractivity contribution in [2.75, 3.05) is 0 Å². The van der Waals surface area contributed by atoms with Crippen LogP contribution >= 0.6 is 11.3 Å². The zero-order valence-corrected chi connectivity index (χ0v) is 12.3. The standard InChI is InChI=1S/C15H11FN2O3S/c1-7-11-13(19)17-10(6-8-4-2-3-5-9(8)16)18-14(11)22-12(7)15(20)21/h2-5H,6H2,1H3,(H,20,21)(H,17,18,19). The number of nitrogens with one attached hydrogen (secondary N) is 1. The van der Waals surface area contributed by atoms with Gasteiger partial charge in [0.15, 0.2) is 0 Å². The Labute approximate surface area is 128 Å². The van der Waals surface area contributed by atoms with Crippen molar-refractivity contribution in [3.63, 3.8) is 0 Å². The van der Waals surface area contributed by atoms with E-state index in [0.29, 0.717) is 21.8 Å². The first-order chi connectivity index (χ1) is 10.5. The average molecular weight is 318 g/mol. The van der Waals surface area contributed by atoms with Gasteiger partial charge >= 0.3 is 5.97 Å². The monoisotopic (exact) mass is 318 g/mol. The van der Waals surface area contributed by atoms with E-state index in [0.717, 1.165) is 11.3 Å². The molecule has 7 heteroatoms. The highest BCUT2D eigenvalue weighted by atomic mass is 32.1. The van der Waals surface area contributed by atoms with E-state index in [1.165, 1.54) is 6.07 Å². The SMILES string of the molecule is Cc1c(C(=O)O)sc2nc(Cc3ccccc3F)[nH]c(=O)c12. The molecule has 3 aromatic rings. The summed E-state index contributed by atoms with van der Waals surface area (Å²) in [5.41, 5.74) is 0.410. The molecule has 0 aliphatic heterocycles. The van der Waals surface area contributed by atoms with Gasteiger partial charge in [-0.05, 0) is 24.1 Å². The number of carbonyl (C=O) groups is 1. The zero-order chi connectivity index (χ0) is 15.9. The maximum atomic E-state index is 13.7. The first-order valence-electron chi connectivity index (χ1n) is 6.46. The Morgan fingerprint density at radius 1 is 1.41 bits per heavy atom. The molecule has 0 radical (unpaired) electrons. The maximum absolute atomic E-state index is 13.7. The van der Waals surface area contributed by atoms with E-state index in [-0.39, 0.29) is 22.5 Å². The number of thiophene rings is 1. The summed E-state index contributed by atoms with van der Waals surface area (Å²) in [7, 11) is 0. The third-order valence-corrected chi connectivity index (χ3v) is 4.53. The van der Waals surface area contributed by atoms with Gasteiger partial charge in [0.1, 0.15) is 21.3 Å². The van der Waals surface area contributed by atoms with E-state index in [2.05, 4.69) is 9.97 Å². The number of carboxylic acid groups (broad SMARTS) is 1. The van der Waals surface area contributed by atoms with Gasteiger partial charge in [-0.25, -0.2) is 14.2 Å². The summed E-state index contributed by atoms with van der Waals surface area (Å²) in [4.78, 5) is 30.6. The lowest BCUT2D eigenvalue weighted by molar-refractivity contribution is 0.0701. The molecular weight excluding hydrogens is 307 g/mol. The zero-order valence-electron chi connectivity index (χ0n) is 11.5. The summed E-state index contributed by atoms with van der Waals surface area (Å²) in [5.74, 6) is -1.16. The second-order valence-corrected chi connectivity index (χ2v) is 5.82. The molecule has 1 aromatic carbocycles. The second kappa shape index (κ2) is 5.34. The fourth-order valence-corrected chi connectivity index (χ4v) is 3.34. The number of nitrogens with zero attached hydrogens (tertiary/aromatic N) is 1. The molecule has 5 nitrogen and oxygen atoms in total. The number of hydrogen-bond donors (Lipinski definition) is 2. The number of rotatable bonds is 3. The van der Waals surface area contributed by atoms with Gasteiger partial charge in [-0.15, -0.1) is 11.3 Å². The average Bonchev–Trinajstić information content (AvgIpc) is 2.79. The number of fused-ring (bicyclic) bond motifs is 1. The van der Waals surface area contributed by atoms with Crippen LogP contribution in [0.25, 0.3) is 10.2 Å². The van der Waals surface area contributed by atoms with Crippen LogP contribution in [-0.4, -0.2) is 21.0 Å². The Bertz CT molecular complexity index is 946. The van der Waals surface area contributed by atoms with Gasteiger partial charge in [-0.3, -0.25) is 4.79 Å². The number of aromatic nitrogens is 2. The lowest BCUT2D eigenvalue weighted by atomic mass is 10.1. The molecule has 2 aromatic heterocycles. The molecule has 0 aliphatic carbocycles. The van der Waals surface area contributed by atoms with E-state index in [4.69, 9.17) is 5.11 Å². The fraction of sp³-hybridized carbons (Fsp3) is 0.133. The van der Waals surface area contributed by atoms with Crippen LogP contribution in [0.2, 0.25) is 0 Å². The van der Waals surface area contributed by atoms with Crippen molar-refractivity contribution >= 4 is 27.5 Å². The first-order valence-corrected chi connectivity index (χ1v) is 7.28. The molecule has 0 unspecified atom stereocenters. The van der Waals surface area contributed by atoms with Crippen LogP contribution in [0.1, 0.15) is 26.6 Å². The molecular formula is C15H11FN2O3S. The molecule has 0 atom stereocenters. The minimum Gasteiger partial charge on any atom is -0.477 e. The number of aryl methyl sites for hydroxylation is 1. The molecule has 0 saturated carbocycles. The lowest BCUT2D eigenvalue weighted by Crippen LogP contribution is -2.12. The molecule has 0 aliphatic rings. The van der Waals surface area contributed by atoms with Crippen LogP contribution < -0.4 is 5.56 Å². The predicted octanol–water partition coefficient (Wildman–Crippen LogP) is 2.72.